The van der Waals surface area contributed by atoms with Crippen LogP contribution in [-0.2, 0) is 15.6 Å². The van der Waals surface area contributed by atoms with Gasteiger partial charge in [-0.1, -0.05) is 18.2 Å². The summed E-state index contributed by atoms with van der Waals surface area (Å²) in [5.41, 5.74) is -1.71. The van der Waals surface area contributed by atoms with E-state index in [0.717, 1.165) is 30.5 Å². The second-order valence-corrected chi connectivity index (χ2v) is 10.2. The van der Waals surface area contributed by atoms with Gasteiger partial charge >= 0.3 is 0 Å². The number of aryl methyl sites for hydroxylation is 1. The molecule has 0 saturated heterocycles. The Bertz CT molecular complexity index is 1870. The summed E-state index contributed by atoms with van der Waals surface area (Å²) in [6, 6.07) is 9.40. The summed E-state index contributed by atoms with van der Waals surface area (Å²) in [7, 11) is -4.28. The molecule has 12 heteroatoms. The molecule has 3 heterocycles. The molecule has 3 aromatic heterocycles. The van der Waals surface area contributed by atoms with Crippen molar-refractivity contribution in [3.05, 3.63) is 99.6 Å². The van der Waals surface area contributed by atoms with Crippen LogP contribution in [0.1, 0.15) is 11.3 Å². The number of hydrogen-bond acceptors (Lipinski definition) is 5. The van der Waals surface area contributed by atoms with Crippen LogP contribution in [0.5, 0.6) is 0 Å². The quantitative estimate of drug-likeness (QED) is 0.318. The van der Waals surface area contributed by atoms with Crippen LogP contribution >= 0.6 is 0 Å². The van der Waals surface area contributed by atoms with Crippen molar-refractivity contribution in [1.29, 1.82) is 0 Å². The van der Waals surface area contributed by atoms with E-state index in [4.69, 9.17) is 0 Å². The number of aromatic nitrogens is 4. The van der Waals surface area contributed by atoms with Gasteiger partial charge in [-0.15, -0.1) is 0 Å². The fourth-order valence-electron chi connectivity index (χ4n) is 4.08. The molecule has 5 rings (SSSR count). The van der Waals surface area contributed by atoms with E-state index in [-0.39, 0.29) is 22.3 Å². The molecule has 2 N–H and O–H groups in total. The summed E-state index contributed by atoms with van der Waals surface area (Å²) >= 11 is 0. The third-order valence-corrected chi connectivity index (χ3v) is 7.61. The number of benzene rings is 2. The molecule has 0 amide bonds. The molecule has 188 valence electrons. The van der Waals surface area contributed by atoms with Crippen molar-refractivity contribution in [1.82, 2.24) is 20.2 Å². The zero-order valence-corrected chi connectivity index (χ0v) is 19.8. The fourth-order valence-corrected chi connectivity index (χ4v) is 5.66. The number of aromatic amines is 2. The zero-order chi connectivity index (χ0) is 26.5. The van der Waals surface area contributed by atoms with Gasteiger partial charge in [0, 0.05) is 22.6 Å². The Morgan fingerprint density at radius 2 is 1.76 bits per heavy atom. The number of nitrogens with zero attached hydrogens (tertiary/aromatic N) is 2. The van der Waals surface area contributed by atoms with Gasteiger partial charge in [0.2, 0.25) is 5.56 Å². The molecule has 0 spiro atoms. The molecule has 0 aliphatic carbocycles. The van der Waals surface area contributed by atoms with E-state index in [1.807, 2.05) is 0 Å². The Balaban J connectivity index is 1.61. The van der Waals surface area contributed by atoms with Gasteiger partial charge in [-0.25, -0.2) is 26.0 Å². The Morgan fingerprint density at radius 3 is 2.51 bits per heavy atom. The number of pyridine rings is 2. The number of H-pyrrole nitrogens is 2. The van der Waals surface area contributed by atoms with E-state index >= 15 is 8.78 Å². The van der Waals surface area contributed by atoms with Crippen molar-refractivity contribution in [2.45, 2.75) is 17.6 Å². The highest BCUT2D eigenvalue weighted by Crippen LogP contribution is 2.36. The van der Waals surface area contributed by atoms with Crippen LogP contribution in [0, 0.1) is 30.2 Å². The summed E-state index contributed by atoms with van der Waals surface area (Å²) in [6.45, 7) is 1.35. The van der Waals surface area contributed by atoms with E-state index in [0.29, 0.717) is 5.69 Å². The Hall–Kier alpha value is -4.32. The molecular weight excluding hydrogens is 512 g/mol. The van der Waals surface area contributed by atoms with Crippen LogP contribution in [0.4, 0.5) is 17.6 Å². The monoisotopic (exact) mass is 528 g/mol. The Labute approximate surface area is 206 Å². The van der Waals surface area contributed by atoms with E-state index < -0.39 is 66.0 Å². The normalized spacial score (nSPS) is 11.8. The first-order chi connectivity index (χ1) is 17.6. The summed E-state index contributed by atoms with van der Waals surface area (Å²) in [6.07, 6.45) is 0.847. The third-order valence-electron chi connectivity index (χ3n) is 5.83. The standard InChI is InChI=1S/C25H16F4N4O3S/c1-12-19(9-14(26)10-30-12)37(35,36)11-13-5-8-17(27)21(22(13)28)15-6-7-16-24(32-33-25(16)23(15)29)18-3-2-4-20(34)31-18/h2-10H,11H2,1H3,(H,31,34)(H,32,33). The molecule has 0 aliphatic rings. The van der Waals surface area contributed by atoms with Gasteiger partial charge in [0.1, 0.15) is 23.0 Å². The van der Waals surface area contributed by atoms with E-state index in [9.17, 15) is 22.0 Å². The molecule has 0 fully saturated rings. The van der Waals surface area contributed by atoms with Crippen molar-refractivity contribution >= 4 is 20.7 Å². The van der Waals surface area contributed by atoms with Crippen LogP contribution in [0.3, 0.4) is 0 Å². The van der Waals surface area contributed by atoms with Gasteiger partial charge in [0.05, 0.1) is 39.5 Å². The lowest BCUT2D eigenvalue weighted by atomic mass is 9.99. The number of fused-ring (bicyclic) bond motifs is 1. The second-order valence-electron chi connectivity index (χ2n) is 8.24. The first-order valence-electron chi connectivity index (χ1n) is 10.8. The van der Waals surface area contributed by atoms with Crippen LogP contribution in [0.15, 0.2) is 64.4 Å². The maximum absolute atomic E-state index is 15.5. The van der Waals surface area contributed by atoms with Gasteiger partial charge in [0.15, 0.2) is 15.7 Å². The summed E-state index contributed by atoms with van der Waals surface area (Å²) in [5, 5.41) is 6.76. The maximum atomic E-state index is 15.5. The van der Waals surface area contributed by atoms with Crippen LogP contribution in [-0.4, -0.2) is 28.6 Å². The van der Waals surface area contributed by atoms with Crippen molar-refractivity contribution in [2.75, 3.05) is 0 Å². The SMILES string of the molecule is Cc1ncc(F)cc1S(=O)(=O)Cc1ccc(F)c(-c2ccc3c(-c4cccc(=O)[nH]4)[nH]nc3c2F)c1F. The Morgan fingerprint density at radius 1 is 0.973 bits per heavy atom. The summed E-state index contributed by atoms with van der Waals surface area (Å²) in [5.74, 6) is -5.29. The minimum Gasteiger partial charge on any atom is -0.321 e. The molecule has 0 unspecified atom stereocenters. The molecule has 2 aromatic carbocycles. The highest BCUT2D eigenvalue weighted by Gasteiger charge is 2.26. The van der Waals surface area contributed by atoms with E-state index in [2.05, 4.69) is 20.2 Å². The number of nitrogens with one attached hydrogen (secondary N) is 2. The Kier molecular flexibility index (Phi) is 5.91. The molecule has 7 nitrogen and oxygen atoms in total. The lowest BCUT2D eigenvalue weighted by Crippen LogP contribution is -2.10. The van der Waals surface area contributed by atoms with Gasteiger partial charge in [0.25, 0.3) is 0 Å². The lowest BCUT2D eigenvalue weighted by molar-refractivity contribution is 0.569. The van der Waals surface area contributed by atoms with Crippen molar-refractivity contribution in [3.8, 4) is 22.5 Å². The van der Waals surface area contributed by atoms with Gasteiger partial charge in [-0.3, -0.25) is 14.9 Å². The minimum absolute atomic E-state index is 0.00902. The molecular formula is C25H16F4N4O3S. The maximum Gasteiger partial charge on any atom is 0.248 e. The van der Waals surface area contributed by atoms with Crippen LogP contribution < -0.4 is 5.56 Å². The number of sulfone groups is 1. The predicted octanol–water partition coefficient (Wildman–Crippen LogP) is 4.82. The molecule has 0 aliphatic heterocycles. The first kappa shape index (κ1) is 24.4. The van der Waals surface area contributed by atoms with Gasteiger partial charge in [-0.2, -0.15) is 5.10 Å². The van der Waals surface area contributed by atoms with Crippen molar-refractivity contribution in [2.24, 2.45) is 0 Å². The number of halogens is 4. The summed E-state index contributed by atoms with van der Waals surface area (Å²) in [4.78, 5) is 17.5. The fraction of sp³-hybridized carbons (Fsp3) is 0.0800. The third kappa shape index (κ3) is 4.29. The molecule has 37 heavy (non-hydrogen) atoms. The van der Waals surface area contributed by atoms with Crippen LogP contribution in [0.2, 0.25) is 0 Å². The van der Waals surface area contributed by atoms with E-state index in [1.54, 1.807) is 6.07 Å². The summed E-state index contributed by atoms with van der Waals surface area (Å²) < 4.78 is 85.2. The van der Waals surface area contributed by atoms with Crippen molar-refractivity contribution in [3.63, 3.8) is 0 Å². The van der Waals surface area contributed by atoms with Crippen molar-refractivity contribution < 1.29 is 26.0 Å². The average molecular weight is 528 g/mol. The molecule has 0 atom stereocenters. The minimum atomic E-state index is -4.28. The number of rotatable bonds is 5. The largest absolute Gasteiger partial charge is 0.321 e. The highest BCUT2D eigenvalue weighted by atomic mass is 32.2. The predicted molar refractivity (Wildman–Crippen MR) is 127 cm³/mol. The topological polar surface area (TPSA) is 109 Å². The molecule has 0 bridgehead atoms. The van der Waals surface area contributed by atoms with Crippen LogP contribution in [0.25, 0.3) is 33.4 Å². The van der Waals surface area contributed by atoms with Gasteiger partial charge < -0.3 is 4.98 Å². The zero-order valence-electron chi connectivity index (χ0n) is 18.9. The smallest absolute Gasteiger partial charge is 0.248 e. The molecule has 0 saturated carbocycles. The van der Waals surface area contributed by atoms with Gasteiger partial charge in [-0.05, 0) is 31.2 Å². The highest BCUT2D eigenvalue weighted by molar-refractivity contribution is 7.90. The average Bonchev–Trinajstić information content (AvgIpc) is 3.29. The molecule has 5 aromatic rings. The van der Waals surface area contributed by atoms with E-state index in [1.165, 1.54) is 25.1 Å². The first-order valence-corrected chi connectivity index (χ1v) is 12.4. The second kappa shape index (κ2) is 8.96. The number of hydrogen-bond donors (Lipinski definition) is 2. The lowest BCUT2D eigenvalue weighted by Gasteiger charge is -2.12. The molecule has 0 radical (unpaired) electrons.